The van der Waals surface area contributed by atoms with Crippen molar-refractivity contribution in [2.75, 3.05) is 13.1 Å². The van der Waals surface area contributed by atoms with E-state index in [0.717, 1.165) is 19.5 Å². The third kappa shape index (κ3) is 2.14. The quantitative estimate of drug-likeness (QED) is 0.640. The van der Waals surface area contributed by atoms with Gasteiger partial charge in [0, 0.05) is 11.8 Å². The van der Waals surface area contributed by atoms with Crippen LogP contribution in [0.15, 0.2) is 9.93 Å². The van der Waals surface area contributed by atoms with E-state index in [4.69, 9.17) is 0 Å². The van der Waals surface area contributed by atoms with Crippen molar-refractivity contribution in [2.45, 2.75) is 30.1 Å². The number of nitrogens with one attached hydrogen (secondary N) is 1. The van der Waals surface area contributed by atoms with E-state index < -0.39 is 18.0 Å². The number of carbonyl (C=O) groups excluding carboxylic acids is 1. The van der Waals surface area contributed by atoms with E-state index in [2.05, 4.69) is 5.32 Å². The number of aliphatic hydroxyl groups is 1. The Morgan fingerprint density at radius 1 is 1.60 bits per heavy atom. The molecule has 2 fully saturated rings. The van der Waals surface area contributed by atoms with E-state index in [1.165, 1.54) is 28.4 Å². The summed E-state index contributed by atoms with van der Waals surface area (Å²) in [5.41, 5.74) is 0.0961. The molecule has 0 aliphatic carbocycles. The van der Waals surface area contributed by atoms with Gasteiger partial charge >= 0.3 is 5.97 Å². The van der Waals surface area contributed by atoms with Gasteiger partial charge in [0.05, 0.1) is 16.3 Å². The van der Waals surface area contributed by atoms with Gasteiger partial charge in [-0.3, -0.25) is 9.69 Å². The van der Waals surface area contributed by atoms with Crippen molar-refractivity contribution in [1.82, 2.24) is 10.2 Å². The summed E-state index contributed by atoms with van der Waals surface area (Å²) in [6.45, 7) is 3.38. The van der Waals surface area contributed by atoms with Gasteiger partial charge in [0.1, 0.15) is 5.37 Å². The van der Waals surface area contributed by atoms with Crippen LogP contribution in [0, 0.1) is 5.92 Å². The minimum atomic E-state index is -1.06. The summed E-state index contributed by atoms with van der Waals surface area (Å²) in [7, 11) is 0. The molecular formula is C12H16N2O4S2. The third-order valence-electron chi connectivity index (χ3n) is 3.76. The number of carboxylic acid groups (broad SMARTS) is 1. The van der Waals surface area contributed by atoms with E-state index in [-0.39, 0.29) is 17.0 Å². The van der Waals surface area contributed by atoms with Crippen LogP contribution >= 0.6 is 23.5 Å². The summed E-state index contributed by atoms with van der Waals surface area (Å²) in [5.74, 6) is -1.84. The van der Waals surface area contributed by atoms with Crippen LogP contribution in [0.25, 0.3) is 0 Å². The molecule has 0 aromatic heterocycles. The van der Waals surface area contributed by atoms with Gasteiger partial charge in [-0.15, -0.1) is 11.8 Å². The number of hydrogen-bond acceptors (Lipinski definition) is 6. The van der Waals surface area contributed by atoms with Crippen LogP contribution in [-0.2, 0) is 9.59 Å². The summed E-state index contributed by atoms with van der Waals surface area (Å²) < 4.78 is 0.702. The molecule has 6 nitrogen and oxygen atoms in total. The van der Waals surface area contributed by atoms with Crippen molar-refractivity contribution >= 4 is 35.4 Å². The molecule has 3 aliphatic heterocycles. The van der Waals surface area contributed by atoms with Crippen LogP contribution in [-0.4, -0.2) is 56.8 Å². The van der Waals surface area contributed by atoms with Gasteiger partial charge in [0.2, 0.25) is 5.91 Å². The molecule has 2 unspecified atom stereocenters. The highest BCUT2D eigenvalue weighted by Gasteiger charge is 2.57. The molecule has 1 amide bonds. The average molecular weight is 316 g/mol. The van der Waals surface area contributed by atoms with Gasteiger partial charge < -0.3 is 15.5 Å². The van der Waals surface area contributed by atoms with Gasteiger partial charge in [-0.1, -0.05) is 11.8 Å². The summed E-state index contributed by atoms with van der Waals surface area (Å²) in [6, 6.07) is 0. The fourth-order valence-corrected chi connectivity index (χ4v) is 6.00. The Morgan fingerprint density at radius 2 is 2.35 bits per heavy atom. The maximum Gasteiger partial charge on any atom is 0.354 e. The molecule has 0 bridgehead atoms. The van der Waals surface area contributed by atoms with Crippen LogP contribution in [0.1, 0.15) is 13.3 Å². The average Bonchev–Trinajstić information content (AvgIpc) is 2.95. The van der Waals surface area contributed by atoms with E-state index in [1.54, 1.807) is 6.92 Å². The van der Waals surface area contributed by atoms with Gasteiger partial charge in [0.25, 0.3) is 0 Å². The SMILES string of the molecule is CC(O)[C@H]1C(=O)N2C(C(=O)O)=C(SC3CCNC3)S[C@H]12. The van der Waals surface area contributed by atoms with Crippen LogP contribution < -0.4 is 5.32 Å². The molecule has 20 heavy (non-hydrogen) atoms. The van der Waals surface area contributed by atoms with E-state index in [9.17, 15) is 19.8 Å². The molecule has 0 spiro atoms. The first-order valence-electron chi connectivity index (χ1n) is 6.53. The van der Waals surface area contributed by atoms with Crippen LogP contribution in [0.3, 0.4) is 0 Å². The number of thioether (sulfide) groups is 2. The number of nitrogens with zero attached hydrogens (tertiary/aromatic N) is 1. The molecule has 2 saturated heterocycles. The zero-order valence-corrected chi connectivity index (χ0v) is 12.5. The predicted octanol–water partition coefficient (Wildman–Crippen LogP) is 0.247. The summed E-state index contributed by atoms with van der Waals surface area (Å²) in [6.07, 6.45) is 0.254. The number of amides is 1. The first kappa shape index (κ1) is 14.2. The predicted molar refractivity (Wildman–Crippen MR) is 76.9 cm³/mol. The molecule has 0 aromatic rings. The molecule has 0 radical (unpaired) electrons. The van der Waals surface area contributed by atoms with Gasteiger partial charge in [-0.05, 0) is 19.9 Å². The zero-order chi connectivity index (χ0) is 14.4. The molecule has 3 heterocycles. The lowest BCUT2D eigenvalue weighted by Gasteiger charge is -2.43. The number of hydrogen-bond donors (Lipinski definition) is 3. The number of β-lactam (4-membered cyclic amide) rings is 1. The molecule has 3 aliphatic rings. The third-order valence-corrected chi connectivity index (χ3v) is 6.63. The highest BCUT2D eigenvalue weighted by atomic mass is 32.2. The Morgan fingerprint density at radius 3 is 2.90 bits per heavy atom. The fraction of sp³-hybridized carbons (Fsp3) is 0.667. The second kappa shape index (κ2) is 5.25. The van der Waals surface area contributed by atoms with Crippen LogP contribution in [0.2, 0.25) is 0 Å². The lowest BCUT2D eigenvalue weighted by atomic mass is 9.92. The van der Waals surface area contributed by atoms with Crippen molar-refractivity contribution in [3.63, 3.8) is 0 Å². The lowest BCUT2D eigenvalue weighted by molar-refractivity contribution is -0.156. The molecule has 0 saturated carbocycles. The first-order chi connectivity index (χ1) is 9.50. The smallest absolute Gasteiger partial charge is 0.354 e. The Kier molecular flexibility index (Phi) is 3.74. The highest BCUT2D eigenvalue weighted by molar-refractivity contribution is 8.23. The van der Waals surface area contributed by atoms with Gasteiger partial charge in [0.15, 0.2) is 5.70 Å². The minimum Gasteiger partial charge on any atom is -0.477 e. The van der Waals surface area contributed by atoms with Crippen molar-refractivity contribution < 1.29 is 19.8 Å². The Bertz CT molecular complexity index is 488. The molecule has 4 atom stereocenters. The fourth-order valence-electron chi connectivity index (χ4n) is 2.71. The van der Waals surface area contributed by atoms with E-state index >= 15 is 0 Å². The number of fused-ring (bicyclic) bond motifs is 1. The highest BCUT2D eigenvalue weighted by Crippen LogP contribution is 2.54. The molecular weight excluding hydrogens is 300 g/mol. The van der Waals surface area contributed by atoms with Gasteiger partial charge in [-0.25, -0.2) is 4.79 Å². The molecule has 3 rings (SSSR count). The van der Waals surface area contributed by atoms with Gasteiger partial charge in [-0.2, -0.15) is 0 Å². The molecule has 110 valence electrons. The number of aliphatic carboxylic acids is 1. The number of aliphatic hydroxyl groups excluding tert-OH is 1. The second-order valence-electron chi connectivity index (χ2n) is 5.16. The number of carboxylic acids is 1. The largest absolute Gasteiger partial charge is 0.477 e. The lowest BCUT2D eigenvalue weighted by Crippen LogP contribution is -2.60. The van der Waals surface area contributed by atoms with Crippen LogP contribution in [0.5, 0.6) is 0 Å². The normalized spacial score (nSPS) is 34.2. The van der Waals surface area contributed by atoms with E-state index in [1.807, 2.05) is 0 Å². The number of rotatable bonds is 4. The van der Waals surface area contributed by atoms with Crippen molar-refractivity contribution in [1.29, 1.82) is 0 Å². The summed E-state index contributed by atoms with van der Waals surface area (Å²) in [4.78, 5) is 24.8. The topological polar surface area (TPSA) is 89.9 Å². The Hall–Kier alpha value is -0.700. The Balaban J connectivity index is 1.81. The maximum atomic E-state index is 12.0. The van der Waals surface area contributed by atoms with E-state index in [0.29, 0.717) is 9.49 Å². The maximum absolute atomic E-state index is 12.0. The molecule has 0 aromatic carbocycles. The van der Waals surface area contributed by atoms with Crippen molar-refractivity contribution in [3.05, 3.63) is 9.93 Å². The minimum absolute atomic E-state index is 0.0961. The summed E-state index contributed by atoms with van der Waals surface area (Å²) >= 11 is 2.94. The van der Waals surface area contributed by atoms with Crippen LogP contribution in [0.4, 0.5) is 0 Å². The monoisotopic (exact) mass is 316 g/mol. The molecule has 3 N–H and O–H groups in total. The van der Waals surface area contributed by atoms with Crippen molar-refractivity contribution in [3.8, 4) is 0 Å². The zero-order valence-electron chi connectivity index (χ0n) is 10.9. The molecule has 8 heteroatoms. The second-order valence-corrected chi connectivity index (χ2v) is 7.85. The van der Waals surface area contributed by atoms with Crippen molar-refractivity contribution in [2.24, 2.45) is 5.92 Å². The summed E-state index contributed by atoms with van der Waals surface area (Å²) in [5, 5.41) is 22.3. The first-order valence-corrected chi connectivity index (χ1v) is 8.29. The number of carbonyl (C=O) groups is 2. The standard InChI is InChI=1S/C12H16N2O4S2/c1-5(15)7-9(16)14-8(11(17)18)12(20-10(7)14)19-6-2-3-13-4-6/h5-7,10,13,15H,2-4H2,1H3,(H,17,18)/t5?,6?,7-,10+/m0/s1. The Labute approximate surface area is 125 Å².